The van der Waals surface area contributed by atoms with E-state index in [9.17, 15) is 4.79 Å². The predicted octanol–water partition coefficient (Wildman–Crippen LogP) is 2.58. The SMILES string of the molecule is Cc1cc(C(=O)O)cc(Oc2cccnc2C)n1. The zero-order valence-electron chi connectivity index (χ0n) is 10.0. The fourth-order valence-electron chi connectivity index (χ4n) is 1.50. The van der Waals surface area contributed by atoms with Gasteiger partial charge in [0.2, 0.25) is 5.88 Å². The molecule has 92 valence electrons. The molecule has 1 N–H and O–H groups in total. The lowest BCUT2D eigenvalue weighted by Gasteiger charge is -2.08. The summed E-state index contributed by atoms with van der Waals surface area (Å²) in [6.07, 6.45) is 1.66. The van der Waals surface area contributed by atoms with Crippen molar-refractivity contribution in [3.63, 3.8) is 0 Å². The van der Waals surface area contributed by atoms with Crippen molar-refractivity contribution in [2.75, 3.05) is 0 Å². The molecule has 0 aliphatic heterocycles. The molecule has 2 rings (SSSR count). The summed E-state index contributed by atoms with van der Waals surface area (Å²) < 4.78 is 5.54. The Labute approximate surface area is 104 Å². The highest BCUT2D eigenvalue weighted by Gasteiger charge is 2.09. The number of aromatic carboxylic acids is 1. The van der Waals surface area contributed by atoms with Crippen molar-refractivity contribution in [2.24, 2.45) is 0 Å². The van der Waals surface area contributed by atoms with Gasteiger partial charge in [-0.2, -0.15) is 0 Å². The van der Waals surface area contributed by atoms with Crippen molar-refractivity contribution in [1.29, 1.82) is 0 Å². The molecule has 0 saturated heterocycles. The number of aryl methyl sites for hydroxylation is 2. The monoisotopic (exact) mass is 244 g/mol. The maximum atomic E-state index is 10.9. The van der Waals surface area contributed by atoms with Crippen LogP contribution in [0.15, 0.2) is 30.5 Å². The van der Waals surface area contributed by atoms with E-state index in [0.29, 0.717) is 11.4 Å². The standard InChI is InChI=1S/C13H12N2O3/c1-8-6-10(13(16)17)7-12(15-8)18-11-4-3-5-14-9(11)2/h3-7H,1-2H3,(H,16,17). The van der Waals surface area contributed by atoms with Crippen LogP contribution in [0.4, 0.5) is 0 Å². The van der Waals surface area contributed by atoms with E-state index in [-0.39, 0.29) is 11.4 Å². The number of rotatable bonds is 3. The first-order valence-electron chi connectivity index (χ1n) is 5.38. The first kappa shape index (κ1) is 12.0. The zero-order valence-corrected chi connectivity index (χ0v) is 10.0. The van der Waals surface area contributed by atoms with Gasteiger partial charge in [-0.05, 0) is 32.0 Å². The molecule has 0 unspecified atom stereocenters. The number of carbonyl (C=O) groups is 1. The summed E-state index contributed by atoms with van der Waals surface area (Å²) in [5, 5.41) is 8.96. The van der Waals surface area contributed by atoms with E-state index in [1.54, 1.807) is 25.3 Å². The Morgan fingerprint density at radius 1 is 1.33 bits per heavy atom. The van der Waals surface area contributed by atoms with Crippen LogP contribution in [0, 0.1) is 13.8 Å². The molecule has 0 radical (unpaired) electrons. The van der Waals surface area contributed by atoms with Crippen molar-refractivity contribution >= 4 is 5.97 Å². The van der Waals surface area contributed by atoms with Crippen molar-refractivity contribution in [2.45, 2.75) is 13.8 Å². The molecule has 2 aromatic rings. The van der Waals surface area contributed by atoms with Gasteiger partial charge in [-0.25, -0.2) is 9.78 Å². The van der Waals surface area contributed by atoms with Crippen LogP contribution in [0.3, 0.4) is 0 Å². The summed E-state index contributed by atoms with van der Waals surface area (Å²) in [5.74, 6) is -0.191. The van der Waals surface area contributed by atoms with Crippen LogP contribution in [-0.4, -0.2) is 21.0 Å². The molecule has 0 aliphatic rings. The second kappa shape index (κ2) is 4.83. The summed E-state index contributed by atoms with van der Waals surface area (Å²) in [6.45, 7) is 3.53. The van der Waals surface area contributed by atoms with Crippen LogP contribution in [0.1, 0.15) is 21.7 Å². The van der Waals surface area contributed by atoms with E-state index >= 15 is 0 Å². The summed E-state index contributed by atoms with van der Waals surface area (Å²) in [7, 11) is 0. The van der Waals surface area contributed by atoms with E-state index in [4.69, 9.17) is 9.84 Å². The number of hydrogen-bond acceptors (Lipinski definition) is 4. The van der Waals surface area contributed by atoms with E-state index in [2.05, 4.69) is 9.97 Å². The largest absolute Gasteiger partial charge is 0.478 e. The Kier molecular flexibility index (Phi) is 3.23. The average Bonchev–Trinajstić information content (AvgIpc) is 2.31. The van der Waals surface area contributed by atoms with Gasteiger partial charge in [0.05, 0.1) is 11.3 Å². The van der Waals surface area contributed by atoms with Gasteiger partial charge in [0, 0.05) is 18.0 Å². The molecular formula is C13H12N2O3. The molecule has 0 aromatic carbocycles. The van der Waals surface area contributed by atoms with Gasteiger partial charge >= 0.3 is 5.97 Å². The third-order valence-corrected chi connectivity index (χ3v) is 2.35. The van der Waals surface area contributed by atoms with Gasteiger partial charge in [-0.1, -0.05) is 0 Å². The number of aromatic nitrogens is 2. The normalized spacial score (nSPS) is 10.1. The molecule has 0 atom stereocenters. The van der Waals surface area contributed by atoms with Gasteiger partial charge < -0.3 is 9.84 Å². The average molecular weight is 244 g/mol. The molecular weight excluding hydrogens is 232 g/mol. The van der Waals surface area contributed by atoms with Crippen molar-refractivity contribution < 1.29 is 14.6 Å². The molecule has 0 fully saturated rings. The van der Waals surface area contributed by atoms with Crippen LogP contribution < -0.4 is 4.74 Å². The Bertz CT molecular complexity index is 597. The minimum absolute atomic E-state index is 0.152. The van der Waals surface area contributed by atoms with Crippen molar-refractivity contribution in [3.05, 3.63) is 47.4 Å². The first-order valence-corrected chi connectivity index (χ1v) is 5.38. The highest BCUT2D eigenvalue weighted by molar-refractivity contribution is 5.88. The smallest absolute Gasteiger partial charge is 0.335 e. The molecule has 2 heterocycles. The highest BCUT2D eigenvalue weighted by Crippen LogP contribution is 2.22. The molecule has 0 aliphatic carbocycles. The molecule has 0 bridgehead atoms. The van der Waals surface area contributed by atoms with E-state index in [0.717, 1.165) is 5.69 Å². The Balaban J connectivity index is 2.35. The molecule has 0 amide bonds. The number of pyridine rings is 2. The molecule has 5 heteroatoms. The minimum Gasteiger partial charge on any atom is -0.478 e. The van der Waals surface area contributed by atoms with E-state index in [1.807, 2.05) is 6.92 Å². The van der Waals surface area contributed by atoms with Crippen LogP contribution >= 0.6 is 0 Å². The highest BCUT2D eigenvalue weighted by atomic mass is 16.5. The molecule has 0 saturated carbocycles. The Hall–Kier alpha value is -2.43. The summed E-state index contributed by atoms with van der Waals surface area (Å²) in [4.78, 5) is 19.2. The topological polar surface area (TPSA) is 72.3 Å². The van der Waals surface area contributed by atoms with Crippen LogP contribution in [0.25, 0.3) is 0 Å². The predicted molar refractivity (Wildman–Crippen MR) is 65.0 cm³/mol. The van der Waals surface area contributed by atoms with Crippen molar-refractivity contribution in [1.82, 2.24) is 9.97 Å². The van der Waals surface area contributed by atoms with Gasteiger partial charge in [0.15, 0.2) is 5.75 Å². The minimum atomic E-state index is -1.01. The zero-order chi connectivity index (χ0) is 13.1. The quantitative estimate of drug-likeness (QED) is 0.898. The van der Waals surface area contributed by atoms with Crippen LogP contribution in [0.5, 0.6) is 11.6 Å². The lowest BCUT2D eigenvalue weighted by Crippen LogP contribution is -2.00. The fraction of sp³-hybridized carbons (Fsp3) is 0.154. The number of carboxylic acid groups (broad SMARTS) is 1. The maximum absolute atomic E-state index is 10.9. The lowest BCUT2D eigenvalue weighted by atomic mass is 10.2. The maximum Gasteiger partial charge on any atom is 0.335 e. The number of hydrogen-bond donors (Lipinski definition) is 1. The van der Waals surface area contributed by atoms with E-state index in [1.165, 1.54) is 12.1 Å². The number of nitrogens with zero attached hydrogens (tertiary/aromatic N) is 2. The third-order valence-electron chi connectivity index (χ3n) is 2.35. The first-order chi connectivity index (χ1) is 8.56. The summed E-state index contributed by atoms with van der Waals surface area (Å²) in [6, 6.07) is 6.39. The lowest BCUT2D eigenvalue weighted by molar-refractivity contribution is 0.0696. The Morgan fingerprint density at radius 2 is 2.11 bits per heavy atom. The van der Waals surface area contributed by atoms with Gasteiger partial charge in [-0.3, -0.25) is 4.98 Å². The summed E-state index contributed by atoms with van der Waals surface area (Å²) in [5.41, 5.74) is 1.46. The number of carboxylic acids is 1. The summed E-state index contributed by atoms with van der Waals surface area (Å²) >= 11 is 0. The van der Waals surface area contributed by atoms with Crippen LogP contribution in [0.2, 0.25) is 0 Å². The Morgan fingerprint density at radius 3 is 2.78 bits per heavy atom. The number of ether oxygens (including phenoxy) is 1. The molecule has 18 heavy (non-hydrogen) atoms. The molecule has 0 spiro atoms. The second-order valence-corrected chi connectivity index (χ2v) is 3.83. The van der Waals surface area contributed by atoms with Crippen LogP contribution in [-0.2, 0) is 0 Å². The second-order valence-electron chi connectivity index (χ2n) is 3.83. The van der Waals surface area contributed by atoms with E-state index < -0.39 is 5.97 Å². The van der Waals surface area contributed by atoms with Gasteiger partial charge in [0.1, 0.15) is 0 Å². The third kappa shape index (κ3) is 2.63. The molecule has 2 aromatic heterocycles. The fourth-order valence-corrected chi connectivity index (χ4v) is 1.50. The van der Waals surface area contributed by atoms with Gasteiger partial charge in [0.25, 0.3) is 0 Å². The van der Waals surface area contributed by atoms with Gasteiger partial charge in [-0.15, -0.1) is 0 Å². The van der Waals surface area contributed by atoms with Crippen molar-refractivity contribution in [3.8, 4) is 11.6 Å². The molecule has 5 nitrogen and oxygen atoms in total.